The first-order valence-electron chi connectivity index (χ1n) is 11.7. The number of fused-ring (bicyclic) bond motifs is 1. The molecule has 3 aliphatic heterocycles. The molecule has 3 aliphatic rings. The fourth-order valence-corrected chi connectivity index (χ4v) is 5.57. The lowest BCUT2D eigenvalue weighted by Gasteiger charge is -2.38. The standard InChI is InChI=1S/C25H28N6O2/c1-17-19(23-26-16-29(2)28-23)8-10-21(27-17)30-14-12-25(13-15-30)24(32)31-20(9-11-22(31)33-25)18-6-4-3-5-7-18/h3-8,10,16,20,22H,9,11-15H2,1-2H3/t20-,22+/m0/s1. The molecule has 3 fully saturated rings. The average molecular weight is 445 g/mol. The Morgan fingerprint density at radius 2 is 1.85 bits per heavy atom. The van der Waals surface area contributed by atoms with E-state index in [9.17, 15) is 4.79 Å². The van der Waals surface area contributed by atoms with E-state index in [-0.39, 0.29) is 18.2 Å². The van der Waals surface area contributed by atoms with Crippen molar-refractivity contribution >= 4 is 11.7 Å². The Balaban J connectivity index is 1.17. The highest BCUT2D eigenvalue weighted by Crippen LogP contribution is 2.47. The maximum atomic E-state index is 13.6. The van der Waals surface area contributed by atoms with Crippen molar-refractivity contribution in [2.45, 2.75) is 50.5 Å². The van der Waals surface area contributed by atoms with Crippen molar-refractivity contribution in [2.24, 2.45) is 7.05 Å². The van der Waals surface area contributed by atoms with Gasteiger partial charge in [0.05, 0.1) is 11.7 Å². The predicted molar refractivity (Wildman–Crippen MR) is 123 cm³/mol. The highest BCUT2D eigenvalue weighted by Gasteiger charge is 2.57. The van der Waals surface area contributed by atoms with Gasteiger partial charge in [0, 0.05) is 38.5 Å². The van der Waals surface area contributed by atoms with Crippen LogP contribution in [-0.4, -0.2) is 55.5 Å². The topological polar surface area (TPSA) is 76.4 Å². The molecule has 170 valence electrons. The van der Waals surface area contributed by atoms with Crippen LogP contribution < -0.4 is 4.90 Å². The molecule has 8 heteroatoms. The summed E-state index contributed by atoms with van der Waals surface area (Å²) < 4.78 is 8.17. The number of benzene rings is 1. The number of carbonyl (C=O) groups is 1. The summed E-state index contributed by atoms with van der Waals surface area (Å²) in [5.41, 5.74) is 2.35. The van der Waals surface area contributed by atoms with E-state index in [1.165, 1.54) is 5.56 Å². The van der Waals surface area contributed by atoms with Crippen molar-refractivity contribution in [1.29, 1.82) is 0 Å². The molecule has 0 N–H and O–H groups in total. The Hall–Kier alpha value is -3.26. The summed E-state index contributed by atoms with van der Waals surface area (Å²) in [5, 5.41) is 4.39. The van der Waals surface area contributed by atoms with Crippen molar-refractivity contribution in [1.82, 2.24) is 24.6 Å². The lowest BCUT2D eigenvalue weighted by Crippen LogP contribution is -2.50. The third-order valence-corrected chi connectivity index (χ3v) is 7.31. The van der Waals surface area contributed by atoms with Gasteiger partial charge < -0.3 is 14.5 Å². The van der Waals surface area contributed by atoms with Gasteiger partial charge in [-0.05, 0) is 37.5 Å². The van der Waals surface area contributed by atoms with Crippen molar-refractivity contribution in [3.63, 3.8) is 0 Å². The van der Waals surface area contributed by atoms with Crippen LogP contribution in [0.4, 0.5) is 5.82 Å². The van der Waals surface area contributed by atoms with E-state index < -0.39 is 5.60 Å². The molecule has 0 radical (unpaired) electrons. The van der Waals surface area contributed by atoms with E-state index in [0.717, 1.165) is 43.0 Å². The van der Waals surface area contributed by atoms with Gasteiger partial charge in [0.25, 0.3) is 5.91 Å². The van der Waals surface area contributed by atoms with E-state index in [1.807, 2.05) is 49.2 Å². The minimum Gasteiger partial charge on any atom is -0.356 e. The first kappa shape index (κ1) is 20.4. The van der Waals surface area contributed by atoms with Crippen LogP contribution in [0.15, 0.2) is 48.8 Å². The molecule has 3 saturated heterocycles. The molecule has 2 atom stereocenters. The van der Waals surface area contributed by atoms with Gasteiger partial charge in [-0.25, -0.2) is 9.97 Å². The molecule has 6 rings (SSSR count). The number of rotatable bonds is 3. The molecule has 5 heterocycles. The highest BCUT2D eigenvalue weighted by atomic mass is 16.6. The van der Waals surface area contributed by atoms with Gasteiger partial charge in [0.1, 0.15) is 18.4 Å². The maximum absolute atomic E-state index is 13.6. The number of piperidine rings is 1. The van der Waals surface area contributed by atoms with Gasteiger partial charge in [0.2, 0.25) is 0 Å². The van der Waals surface area contributed by atoms with E-state index in [4.69, 9.17) is 9.72 Å². The lowest BCUT2D eigenvalue weighted by atomic mass is 9.89. The average Bonchev–Trinajstić information content (AvgIpc) is 3.51. The molecule has 0 bridgehead atoms. The summed E-state index contributed by atoms with van der Waals surface area (Å²) in [5.74, 6) is 1.78. The Bertz CT molecular complexity index is 1180. The predicted octanol–water partition coefficient (Wildman–Crippen LogP) is 3.24. The maximum Gasteiger partial charge on any atom is 0.257 e. The molecule has 3 aromatic rings. The number of amides is 1. The van der Waals surface area contributed by atoms with Crippen LogP contribution in [0.5, 0.6) is 0 Å². The summed E-state index contributed by atoms with van der Waals surface area (Å²) in [6.07, 6.45) is 4.83. The molecule has 8 nitrogen and oxygen atoms in total. The molecule has 0 saturated carbocycles. The summed E-state index contributed by atoms with van der Waals surface area (Å²) >= 11 is 0. The number of aryl methyl sites for hydroxylation is 2. The molecule has 1 aromatic carbocycles. The van der Waals surface area contributed by atoms with Gasteiger partial charge >= 0.3 is 0 Å². The van der Waals surface area contributed by atoms with Crippen LogP contribution in [0.3, 0.4) is 0 Å². The second-order valence-electron chi connectivity index (χ2n) is 9.31. The third-order valence-electron chi connectivity index (χ3n) is 7.31. The number of hydrogen-bond donors (Lipinski definition) is 0. The van der Waals surface area contributed by atoms with Crippen LogP contribution in [0, 0.1) is 6.92 Å². The molecule has 0 unspecified atom stereocenters. The first-order chi connectivity index (χ1) is 16.0. The fourth-order valence-electron chi connectivity index (χ4n) is 5.57. The Morgan fingerprint density at radius 1 is 1.06 bits per heavy atom. The Labute approximate surface area is 193 Å². The van der Waals surface area contributed by atoms with E-state index in [1.54, 1.807) is 11.0 Å². The minimum atomic E-state index is -0.693. The quantitative estimate of drug-likeness (QED) is 0.617. The lowest BCUT2D eigenvalue weighted by molar-refractivity contribution is -0.140. The number of ether oxygens (including phenoxy) is 1. The van der Waals surface area contributed by atoms with Crippen molar-refractivity contribution in [3.05, 3.63) is 60.0 Å². The minimum absolute atomic E-state index is 0.0974. The number of pyridine rings is 1. The van der Waals surface area contributed by atoms with Crippen molar-refractivity contribution in [3.8, 4) is 11.4 Å². The van der Waals surface area contributed by atoms with E-state index in [2.05, 4.69) is 27.1 Å². The van der Waals surface area contributed by atoms with Gasteiger partial charge in [-0.15, -0.1) is 0 Å². The molecule has 33 heavy (non-hydrogen) atoms. The van der Waals surface area contributed by atoms with Gasteiger partial charge in [-0.2, -0.15) is 5.10 Å². The molecule has 1 spiro atoms. The summed E-state index contributed by atoms with van der Waals surface area (Å²) in [6, 6.07) is 14.5. The van der Waals surface area contributed by atoms with Crippen LogP contribution in [0.25, 0.3) is 11.4 Å². The summed E-state index contributed by atoms with van der Waals surface area (Å²) in [6.45, 7) is 3.48. The molecular weight excluding hydrogens is 416 g/mol. The third kappa shape index (κ3) is 3.31. The van der Waals surface area contributed by atoms with Gasteiger partial charge in [-0.3, -0.25) is 9.48 Å². The van der Waals surface area contributed by atoms with Crippen LogP contribution in [0.1, 0.15) is 43.0 Å². The smallest absolute Gasteiger partial charge is 0.257 e. The van der Waals surface area contributed by atoms with Crippen molar-refractivity contribution in [2.75, 3.05) is 18.0 Å². The number of aromatic nitrogens is 4. The zero-order valence-corrected chi connectivity index (χ0v) is 19.0. The van der Waals surface area contributed by atoms with Crippen LogP contribution >= 0.6 is 0 Å². The fraction of sp³-hybridized carbons (Fsp3) is 0.440. The zero-order valence-electron chi connectivity index (χ0n) is 19.0. The van der Waals surface area contributed by atoms with Gasteiger partial charge in [0.15, 0.2) is 11.4 Å². The largest absolute Gasteiger partial charge is 0.356 e. The second-order valence-corrected chi connectivity index (χ2v) is 9.31. The van der Waals surface area contributed by atoms with E-state index in [0.29, 0.717) is 18.7 Å². The molecular formula is C25H28N6O2. The number of anilines is 1. The van der Waals surface area contributed by atoms with Crippen molar-refractivity contribution < 1.29 is 9.53 Å². The van der Waals surface area contributed by atoms with Crippen LogP contribution in [0.2, 0.25) is 0 Å². The summed E-state index contributed by atoms with van der Waals surface area (Å²) in [7, 11) is 1.86. The first-order valence-corrected chi connectivity index (χ1v) is 11.7. The van der Waals surface area contributed by atoms with Gasteiger partial charge in [-0.1, -0.05) is 30.3 Å². The van der Waals surface area contributed by atoms with E-state index >= 15 is 0 Å². The zero-order chi connectivity index (χ0) is 22.6. The Morgan fingerprint density at radius 3 is 2.55 bits per heavy atom. The number of hydrogen-bond acceptors (Lipinski definition) is 6. The summed E-state index contributed by atoms with van der Waals surface area (Å²) in [4.78, 5) is 27.0. The highest BCUT2D eigenvalue weighted by molar-refractivity contribution is 5.88. The Kier molecular flexibility index (Phi) is 4.72. The molecule has 0 aliphatic carbocycles. The number of nitrogens with zero attached hydrogens (tertiary/aromatic N) is 6. The molecule has 1 amide bonds. The second kappa shape index (κ2) is 7.66. The van der Waals surface area contributed by atoms with Crippen LogP contribution in [-0.2, 0) is 16.6 Å². The normalized spacial score (nSPS) is 24.0. The molecule has 2 aromatic heterocycles. The monoisotopic (exact) mass is 444 g/mol. The number of carbonyl (C=O) groups excluding carboxylic acids is 1. The SMILES string of the molecule is Cc1nc(N2CCC3(CC2)O[C@@H]2CC[C@@H](c4ccccc4)N2C3=O)ccc1-c1ncn(C)n1.